The number of hydrogen-bond acceptors (Lipinski definition) is 5. The third-order valence-corrected chi connectivity index (χ3v) is 5.02. The van der Waals surface area contributed by atoms with Crippen molar-refractivity contribution < 1.29 is 9.72 Å². The van der Waals surface area contributed by atoms with Crippen LogP contribution in [0.1, 0.15) is 23.0 Å². The minimum Gasteiger partial charge on any atom is -0.331 e. The predicted molar refractivity (Wildman–Crippen MR) is 71.4 cm³/mol. The summed E-state index contributed by atoms with van der Waals surface area (Å²) in [5.74, 6) is 0.454. The number of nitrogens with zero attached hydrogens (tertiary/aromatic N) is 2. The zero-order valence-electron chi connectivity index (χ0n) is 10.5. The van der Waals surface area contributed by atoms with Gasteiger partial charge in [-0.05, 0) is 25.3 Å². The summed E-state index contributed by atoms with van der Waals surface area (Å²) in [5, 5.41) is 14.0. The van der Waals surface area contributed by atoms with E-state index in [-0.39, 0.29) is 23.0 Å². The Hall–Kier alpha value is -1.47. The third-order valence-electron chi connectivity index (χ3n) is 4.00. The van der Waals surface area contributed by atoms with E-state index < -0.39 is 4.92 Å². The molecule has 3 heterocycles. The van der Waals surface area contributed by atoms with Gasteiger partial charge in [0.25, 0.3) is 5.91 Å². The molecule has 1 aromatic rings. The summed E-state index contributed by atoms with van der Waals surface area (Å²) in [7, 11) is 0. The van der Waals surface area contributed by atoms with Crippen molar-refractivity contribution in [3.8, 4) is 0 Å². The van der Waals surface area contributed by atoms with Gasteiger partial charge in [0.05, 0.1) is 9.80 Å². The summed E-state index contributed by atoms with van der Waals surface area (Å²) < 4.78 is 0. The molecule has 0 aliphatic carbocycles. The standard InChI is InChI=1S/C12H15N3O3S/c1-7-4-8-5-13-6-9(8)14(7)12(16)10-2-3-11(19-10)15(17)18/h2-3,7-9,13H,4-6H2,1H3. The van der Waals surface area contributed by atoms with Gasteiger partial charge in [-0.1, -0.05) is 11.3 Å². The summed E-state index contributed by atoms with van der Waals surface area (Å²) in [4.78, 5) is 25.1. The first-order valence-corrected chi connectivity index (χ1v) is 7.17. The summed E-state index contributed by atoms with van der Waals surface area (Å²) in [6.45, 7) is 3.84. The van der Waals surface area contributed by atoms with Crippen molar-refractivity contribution in [3.63, 3.8) is 0 Å². The van der Waals surface area contributed by atoms with Crippen molar-refractivity contribution in [2.45, 2.75) is 25.4 Å². The first-order chi connectivity index (χ1) is 9.08. The van der Waals surface area contributed by atoms with E-state index >= 15 is 0 Å². The van der Waals surface area contributed by atoms with E-state index in [1.807, 2.05) is 4.90 Å². The van der Waals surface area contributed by atoms with Crippen molar-refractivity contribution in [2.24, 2.45) is 5.92 Å². The monoisotopic (exact) mass is 281 g/mol. The van der Waals surface area contributed by atoms with Gasteiger partial charge in [0.2, 0.25) is 0 Å². The molecule has 0 saturated carbocycles. The van der Waals surface area contributed by atoms with Gasteiger partial charge in [0, 0.05) is 31.2 Å². The van der Waals surface area contributed by atoms with Crippen LogP contribution in [0.25, 0.3) is 0 Å². The van der Waals surface area contributed by atoms with Gasteiger partial charge in [-0.15, -0.1) is 0 Å². The number of likely N-dealkylation sites (tertiary alicyclic amines) is 1. The summed E-state index contributed by atoms with van der Waals surface area (Å²) in [5.41, 5.74) is 0. The van der Waals surface area contributed by atoms with E-state index in [4.69, 9.17) is 0 Å². The molecule has 1 aromatic heterocycles. The maximum atomic E-state index is 12.5. The second kappa shape index (κ2) is 4.57. The lowest BCUT2D eigenvalue weighted by molar-refractivity contribution is -0.380. The van der Waals surface area contributed by atoms with Crippen molar-refractivity contribution in [3.05, 3.63) is 27.1 Å². The SMILES string of the molecule is CC1CC2CNCC2N1C(=O)c1ccc([N+](=O)[O-])s1. The molecule has 2 aliphatic rings. The molecule has 3 rings (SSSR count). The maximum Gasteiger partial charge on any atom is 0.324 e. The van der Waals surface area contributed by atoms with E-state index in [9.17, 15) is 14.9 Å². The van der Waals surface area contributed by atoms with Crippen molar-refractivity contribution in [1.82, 2.24) is 10.2 Å². The highest BCUT2D eigenvalue weighted by Crippen LogP contribution is 2.35. The Morgan fingerprint density at radius 3 is 3.00 bits per heavy atom. The molecule has 1 N–H and O–H groups in total. The van der Waals surface area contributed by atoms with Crippen LogP contribution in [-0.4, -0.2) is 40.9 Å². The average molecular weight is 281 g/mol. The number of hydrogen-bond donors (Lipinski definition) is 1. The van der Waals surface area contributed by atoms with Gasteiger partial charge >= 0.3 is 5.00 Å². The first kappa shape index (κ1) is 12.6. The molecule has 19 heavy (non-hydrogen) atoms. The molecular formula is C12H15N3O3S. The number of carbonyl (C=O) groups is 1. The molecule has 3 atom stereocenters. The Morgan fingerprint density at radius 1 is 1.53 bits per heavy atom. The van der Waals surface area contributed by atoms with Crippen LogP contribution in [0, 0.1) is 16.0 Å². The van der Waals surface area contributed by atoms with Crippen LogP contribution in [0.15, 0.2) is 12.1 Å². The molecule has 1 amide bonds. The quantitative estimate of drug-likeness (QED) is 0.658. The molecule has 6 nitrogen and oxygen atoms in total. The molecule has 2 fully saturated rings. The highest BCUT2D eigenvalue weighted by molar-refractivity contribution is 7.17. The summed E-state index contributed by atoms with van der Waals surface area (Å²) >= 11 is 0.961. The topological polar surface area (TPSA) is 75.5 Å². The van der Waals surface area contributed by atoms with E-state index in [0.29, 0.717) is 10.8 Å². The highest BCUT2D eigenvalue weighted by atomic mass is 32.1. The second-order valence-electron chi connectivity index (χ2n) is 5.18. The van der Waals surface area contributed by atoms with Crippen molar-refractivity contribution in [2.75, 3.05) is 13.1 Å². The first-order valence-electron chi connectivity index (χ1n) is 6.35. The smallest absolute Gasteiger partial charge is 0.324 e. The van der Waals surface area contributed by atoms with Crippen LogP contribution in [0.3, 0.4) is 0 Å². The number of rotatable bonds is 2. The largest absolute Gasteiger partial charge is 0.331 e. The van der Waals surface area contributed by atoms with Crippen LogP contribution in [0.4, 0.5) is 5.00 Å². The number of nitrogens with one attached hydrogen (secondary N) is 1. The van der Waals surface area contributed by atoms with Gasteiger partial charge in [-0.25, -0.2) is 0 Å². The molecule has 0 radical (unpaired) electrons. The number of fused-ring (bicyclic) bond motifs is 1. The van der Waals surface area contributed by atoms with Gasteiger partial charge in [0.15, 0.2) is 0 Å². The molecule has 102 valence electrons. The van der Waals surface area contributed by atoms with Crippen LogP contribution >= 0.6 is 11.3 Å². The number of nitro groups is 1. The third kappa shape index (κ3) is 2.02. The fourth-order valence-electron chi connectivity index (χ4n) is 3.18. The molecule has 0 bridgehead atoms. The fraction of sp³-hybridized carbons (Fsp3) is 0.583. The Morgan fingerprint density at radius 2 is 2.32 bits per heavy atom. The van der Waals surface area contributed by atoms with Gasteiger partial charge in [-0.3, -0.25) is 14.9 Å². The molecular weight excluding hydrogens is 266 g/mol. The second-order valence-corrected chi connectivity index (χ2v) is 6.24. The van der Waals surface area contributed by atoms with E-state index in [1.165, 1.54) is 6.07 Å². The van der Waals surface area contributed by atoms with Crippen molar-refractivity contribution >= 4 is 22.2 Å². The van der Waals surface area contributed by atoms with Crippen LogP contribution in [0.2, 0.25) is 0 Å². The number of carbonyl (C=O) groups excluding carboxylic acids is 1. The lowest BCUT2D eigenvalue weighted by atomic mass is 10.0. The van der Waals surface area contributed by atoms with Crippen molar-refractivity contribution in [1.29, 1.82) is 0 Å². The van der Waals surface area contributed by atoms with Crippen LogP contribution < -0.4 is 5.32 Å². The lowest BCUT2D eigenvalue weighted by Gasteiger charge is -2.27. The minimum atomic E-state index is -0.450. The lowest BCUT2D eigenvalue weighted by Crippen LogP contribution is -2.42. The predicted octanol–water partition coefficient (Wildman–Crippen LogP) is 1.48. The molecule has 2 saturated heterocycles. The highest BCUT2D eigenvalue weighted by Gasteiger charge is 2.44. The van der Waals surface area contributed by atoms with E-state index in [1.54, 1.807) is 6.07 Å². The molecule has 0 aromatic carbocycles. The Labute approximate surface area is 114 Å². The number of amides is 1. The normalized spacial score (nSPS) is 29.5. The Bertz CT molecular complexity index is 530. The van der Waals surface area contributed by atoms with Gasteiger partial charge in [0.1, 0.15) is 0 Å². The molecule has 2 aliphatic heterocycles. The summed E-state index contributed by atoms with van der Waals surface area (Å²) in [6, 6.07) is 3.42. The van der Waals surface area contributed by atoms with E-state index in [0.717, 1.165) is 30.8 Å². The zero-order chi connectivity index (χ0) is 13.6. The Balaban J connectivity index is 1.84. The Kier molecular flexibility index (Phi) is 3.02. The average Bonchev–Trinajstić information content (AvgIpc) is 3.01. The van der Waals surface area contributed by atoms with Crippen LogP contribution in [0.5, 0.6) is 0 Å². The molecule has 0 spiro atoms. The van der Waals surface area contributed by atoms with Crippen LogP contribution in [-0.2, 0) is 0 Å². The minimum absolute atomic E-state index is 0.0243. The molecule has 7 heteroatoms. The number of thiophene rings is 1. The molecule has 3 unspecified atom stereocenters. The van der Waals surface area contributed by atoms with E-state index in [2.05, 4.69) is 12.2 Å². The zero-order valence-corrected chi connectivity index (χ0v) is 11.4. The van der Waals surface area contributed by atoms with Gasteiger partial charge < -0.3 is 10.2 Å². The summed E-state index contributed by atoms with van der Waals surface area (Å²) in [6.07, 6.45) is 1.01. The maximum absolute atomic E-state index is 12.5. The fourth-order valence-corrected chi connectivity index (χ4v) is 3.95. The van der Waals surface area contributed by atoms with Gasteiger partial charge in [-0.2, -0.15) is 0 Å².